The molecule has 0 aliphatic carbocycles. The van der Waals surface area contributed by atoms with Gasteiger partial charge in [-0.15, -0.1) is 0 Å². The van der Waals surface area contributed by atoms with Crippen molar-refractivity contribution in [3.05, 3.63) is 23.8 Å². The zero-order valence-corrected chi connectivity index (χ0v) is 12.7. The Kier molecular flexibility index (Phi) is 4.69. The summed E-state index contributed by atoms with van der Waals surface area (Å²) in [6.07, 6.45) is -0.326. The van der Waals surface area contributed by atoms with E-state index < -0.39 is 5.97 Å². The van der Waals surface area contributed by atoms with Crippen molar-refractivity contribution >= 4 is 5.97 Å². The molecule has 0 fully saturated rings. The average molecular weight is 296 g/mol. The predicted molar refractivity (Wildman–Crippen MR) is 76.3 cm³/mol. The smallest absolute Gasteiger partial charge is 0.306 e. The highest BCUT2D eigenvalue weighted by Gasteiger charge is 2.22. The van der Waals surface area contributed by atoms with Crippen LogP contribution in [0.15, 0.2) is 18.2 Å². The lowest BCUT2D eigenvalue weighted by atomic mass is 10.2. The summed E-state index contributed by atoms with van der Waals surface area (Å²) in [4.78, 5) is 10.9. The summed E-state index contributed by atoms with van der Waals surface area (Å²) >= 11 is 0. The molecule has 0 spiro atoms. The van der Waals surface area contributed by atoms with Crippen LogP contribution in [-0.2, 0) is 16.1 Å². The van der Waals surface area contributed by atoms with Crippen molar-refractivity contribution in [2.75, 3.05) is 34.5 Å². The lowest BCUT2D eigenvalue weighted by Gasteiger charge is -2.28. The normalized spacial score (nSPS) is 15.0. The van der Waals surface area contributed by atoms with Crippen LogP contribution in [0.25, 0.3) is 0 Å². The molecular formula is C15H22NO5+. The fourth-order valence-electron chi connectivity index (χ4n) is 2.23. The number of hydrogen-bond donors (Lipinski definition) is 1. The molecule has 0 bridgehead atoms. The maximum atomic E-state index is 10.9. The van der Waals surface area contributed by atoms with Crippen molar-refractivity contribution in [2.45, 2.75) is 19.1 Å². The molecule has 0 radical (unpaired) electrons. The number of likely N-dealkylation sites (N-methyl/N-ethyl adjacent to an activating group) is 1. The third kappa shape index (κ3) is 4.91. The first-order chi connectivity index (χ1) is 9.83. The second-order valence-corrected chi connectivity index (χ2v) is 6.19. The molecule has 1 aromatic carbocycles. The van der Waals surface area contributed by atoms with Gasteiger partial charge in [0.2, 0.25) is 6.79 Å². The molecule has 116 valence electrons. The largest absolute Gasteiger partial charge is 0.481 e. The summed E-state index contributed by atoms with van der Waals surface area (Å²) in [5, 5.41) is 8.98. The molecule has 21 heavy (non-hydrogen) atoms. The fraction of sp³-hybridized carbons (Fsp3) is 0.533. The summed E-state index contributed by atoms with van der Waals surface area (Å²) in [6.45, 7) is 1.23. The van der Waals surface area contributed by atoms with Crippen molar-refractivity contribution in [3.8, 4) is 11.5 Å². The van der Waals surface area contributed by atoms with Crippen LogP contribution in [0.4, 0.5) is 0 Å². The van der Waals surface area contributed by atoms with Gasteiger partial charge < -0.3 is 23.8 Å². The minimum Gasteiger partial charge on any atom is -0.481 e. The molecule has 0 saturated carbocycles. The van der Waals surface area contributed by atoms with E-state index in [2.05, 4.69) is 0 Å². The van der Waals surface area contributed by atoms with Gasteiger partial charge in [0.1, 0.15) is 12.6 Å². The van der Waals surface area contributed by atoms with E-state index in [0.29, 0.717) is 23.4 Å². The lowest BCUT2D eigenvalue weighted by Crippen LogP contribution is -2.43. The molecule has 6 heteroatoms. The Morgan fingerprint density at radius 1 is 1.33 bits per heavy atom. The van der Waals surface area contributed by atoms with E-state index in [1.807, 2.05) is 39.3 Å². The number of benzene rings is 1. The molecule has 2 rings (SSSR count). The highest BCUT2D eigenvalue weighted by molar-refractivity contribution is 5.67. The highest BCUT2D eigenvalue weighted by atomic mass is 16.7. The molecule has 1 heterocycles. The number of fused-ring (bicyclic) bond motifs is 1. The molecule has 0 unspecified atom stereocenters. The molecule has 6 nitrogen and oxygen atoms in total. The van der Waals surface area contributed by atoms with Crippen LogP contribution in [0.1, 0.15) is 12.0 Å². The van der Waals surface area contributed by atoms with Gasteiger partial charge in [-0.1, -0.05) is 6.07 Å². The number of carboxylic acid groups (broad SMARTS) is 1. The molecule has 1 aliphatic heterocycles. The molecule has 0 saturated heterocycles. The first-order valence-corrected chi connectivity index (χ1v) is 6.86. The van der Waals surface area contributed by atoms with Crippen molar-refractivity contribution in [2.24, 2.45) is 0 Å². The van der Waals surface area contributed by atoms with Crippen molar-refractivity contribution in [3.63, 3.8) is 0 Å². The van der Waals surface area contributed by atoms with Gasteiger partial charge >= 0.3 is 5.97 Å². The first kappa shape index (κ1) is 15.6. The molecular weight excluding hydrogens is 274 g/mol. The topological polar surface area (TPSA) is 65.0 Å². The summed E-state index contributed by atoms with van der Waals surface area (Å²) in [5.41, 5.74) is 0.941. The van der Waals surface area contributed by atoms with Gasteiger partial charge in [0.15, 0.2) is 11.5 Å². The van der Waals surface area contributed by atoms with E-state index in [0.717, 1.165) is 11.3 Å². The fourth-order valence-corrected chi connectivity index (χ4v) is 2.23. The van der Waals surface area contributed by atoms with Crippen molar-refractivity contribution in [1.29, 1.82) is 0 Å². The Labute approximate surface area is 124 Å². The SMILES string of the molecule is C[N+](C)(C)C[C@@H](CC(=O)O)OCc1ccc2c(c1)OCO2. The third-order valence-electron chi connectivity index (χ3n) is 3.08. The Morgan fingerprint density at radius 2 is 2.05 bits per heavy atom. The van der Waals surface area contributed by atoms with Gasteiger partial charge in [0, 0.05) is 0 Å². The highest BCUT2D eigenvalue weighted by Crippen LogP contribution is 2.32. The Hall–Kier alpha value is -1.79. The van der Waals surface area contributed by atoms with E-state index >= 15 is 0 Å². The van der Waals surface area contributed by atoms with Crippen LogP contribution in [-0.4, -0.2) is 56.1 Å². The van der Waals surface area contributed by atoms with Crippen LogP contribution in [0.2, 0.25) is 0 Å². The summed E-state index contributed by atoms with van der Waals surface area (Å²) in [5.74, 6) is 0.587. The minimum atomic E-state index is -0.848. The monoisotopic (exact) mass is 296 g/mol. The van der Waals surface area contributed by atoms with Crippen molar-refractivity contribution in [1.82, 2.24) is 0 Å². The standard InChI is InChI=1S/C15H21NO5/c1-16(2,3)8-12(7-15(17)18)19-9-11-4-5-13-14(6-11)21-10-20-13/h4-6,12H,7-10H2,1-3H3/p+1/t12-/m1/s1. The van der Waals surface area contributed by atoms with Crippen LogP contribution < -0.4 is 9.47 Å². The molecule has 1 aromatic rings. The number of hydrogen-bond acceptors (Lipinski definition) is 4. The number of nitrogens with zero attached hydrogens (tertiary/aromatic N) is 1. The number of aliphatic carboxylic acids is 1. The number of ether oxygens (including phenoxy) is 3. The number of carboxylic acids is 1. The average Bonchev–Trinajstić information content (AvgIpc) is 2.80. The summed E-state index contributed by atoms with van der Waals surface area (Å²) < 4.78 is 17.0. The van der Waals surface area contributed by atoms with Gasteiger partial charge in [0.25, 0.3) is 0 Å². The van der Waals surface area contributed by atoms with E-state index in [9.17, 15) is 4.79 Å². The summed E-state index contributed by atoms with van der Waals surface area (Å²) in [7, 11) is 6.04. The Morgan fingerprint density at radius 3 is 2.71 bits per heavy atom. The number of quaternary nitrogens is 1. The van der Waals surface area contributed by atoms with Crippen LogP contribution in [0.3, 0.4) is 0 Å². The van der Waals surface area contributed by atoms with E-state index in [1.165, 1.54) is 0 Å². The molecule has 0 amide bonds. The number of rotatable bonds is 7. The van der Waals surface area contributed by atoms with E-state index in [4.69, 9.17) is 19.3 Å². The Balaban J connectivity index is 1.95. The molecule has 0 aromatic heterocycles. The zero-order chi connectivity index (χ0) is 15.5. The Bertz CT molecular complexity index is 509. The van der Waals surface area contributed by atoms with E-state index in [-0.39, 0.29) is 19.3 Å². The maximum Gasteiger partial charge on any atom is 0.306 e. The van der Waals surface area contributed by atoms with E-state index in [1.54, 1.807) is 0 Å². The second-order valence-electron chi connectivity index (χ2n) is 6.19. The number of carbonyl (C=O) groups is 1. The minimum absolute atomic E-state index is 0.0000713. The van der Waals surface area contributed by atoms with Gasteiger partial charge in [-0.2, -0.15) is 0 Å². The van der Waals surface area contributed by atoms with Crippen LogP contribution in [0.5, 0.6) is 11.5 Å². The van der Waals surface area contributed by atoms with Crippen LogP contribution in [0, 0.1) is 0 Å². The second kappa shape index (κ2) is 6.32. The quantitative estimate of drug-likeness (QED) is 0.772. The van der Waals surface area contributed by atoms with Gasteiger partial charge in [-0.05, 0) is 17.7 Å². The molecule has 1 aliphatic rings. The zero-order valence-electron chi connectivity index (χ0n) is 12.7. The lowest BCUT2D eigenvalue weighted by molar-refractivity contribution is -0.873. The molecule has 1 atom stereocenters. The van der Waals surface area contributed by atoms with Gasteiger partial charge in [-0.25, -0.2) is 0 Å². The first-order valence-electron chi connectivity index (χ1n) is 6.86. The summed E-state index contributed by atoms with van der Waals surface area (Å²) in [6, 6.07) is 5.61. The van der Waals surface area contributed by atoms with Gasteiger partial charge in [0.05, 0.1) is 34.2 Å². The molecule has 1 N–H and O–H groups in total. The van der Waals surface area contributed by atoms with Gasteiger partial charge in [-0.3, -0.25) is 4.79 Å². The maximum absolute atomic E-state index is 10.9. The van der Waals surface area contributed by atoms with Crippen molar-refractivity contribution < 1.29 is 28.6 Å². The predicted octanol–water partition coefficient (Wildman–Crippen LogP) is 1.48. The third-order valence-corrected chi connectivity index (χ3v) is 3.08. The van der Waals surface area contributed by atoms with Crippen LogP contribution >= 0.6 is 0 Å².